The van der Waals surface area contributed by atoms with Gasteiger partial charge in [-0.2, -0.15) is 0 Å². The second-order valence-electron chi connectivity index (χ2n) is 10.5. The minimum absolute atomic E-state index is 0.102. The van der Waals surface area contributed by atoms with Crippen LogP contribution in [-0.4, -0.2) is 53.6 Å². The van der Waals surface area contributed by atoms with Crippen molar-refractivity contribution in [1.82, 2.24) is 14.5 Å². The van der Waals surface area contributed by atoms with Crippen molar-refractivity contribution >= 4 is 40.3 Å². The van der Waals surface area contributed by atoms with Gasteiger partial charge in [0.05, 0.1) is 17.0 Å². The summed E-state index contributed by atoms with van der Waals surface area (Å²) < 4.78 is 6.56. The number of likely N-dealkylation sites (N-methyl/N-ethyl adjacent to an activating group) is 1. The third kappa shape index (κ3) is 6.29. The number of anilines is 3. The molecule has 2 amide bonds. The molecule has 5 rings (SSSR count). The monoisotopic (exact) mass is 585 g/mol. The normalized spacial score (nSPS) is 12.5. The molecule has 0 aliphatic heterocycles. The molecule has 0 radical (unpaired) electrons. The molecule has 2 N–H and O–H groups in total. The summed E-state index contributed by atoms with van der Waals surface area (Å²) >= 11 is 1.59. The van der Waals surface area contributed by atoms with Crippen molar-refractivity contribution < 1.29 is 14.3 Å². The maximum atomic E-state index is 13.1. The van der Waals surface area contributed by atoms with E-state index in [2.05, 4.69) is 15.6 Å². The lowest BCUT2D eigenvalue weighted by Crippen LogP contribution is -2.30. The largest absolute Gasteiger partial charge is 0.383 e. The van der Waals surface area contributed by atoms with Gasteiger partial charge >= 0.3 is 0 Å². The highest BCUT2D eigenvalue weighted by atomic mass is 32.1. The Hall–Kier alpha value is -4.28. The molecule has 0 saturated carbocycles. The number of ether oxygens (including phenoxy) is 1. The van der Waals surface area contributed by atoms with Crippen LogP contribution in [0.1, 0.15) is 48.9 Å². The Kier molecular flexibility index (Phi) is 8.84. The van der Waals surface area contributed by atoms with E-state index in [9.17, 15) is 14.4 Å². The number of amides is 2. The fraction of sp³-hybridized carbons (Fsp3) is 0.312. The lowest BCUT2D eigenvalue weighted by molar-refractivity contribution is 0.0743. The number of fused-ring (bicyclic) bond motifs is 1. The van der Waals surface area contributed by atoms with Crippen LogP contribution in [0.3, 0.4) is 0 Å². The van der Waals surface area contributed by atoms with Crippen LogP contribution >= 0.6 is 11.3 Å². The number of carbonyl (C=O) groups is 2. The van der Waals surface area contributed by atoms with E-state index in [0.29, 0.717) is 30.2 Å². The van der Waals surface area contributed by atoms with Crippen LogP contribution in [0.5, 0.6) is 0 Å². The van der Waals surface area contributed by atoms with Crippen molar-refractivity contribution in [2.45, 2.75) is 32.6 Å². The number of thiophene rings is 1. The van der Waals surface area contributed by atoms with Crippen molar-refractivity contribution in [3.63, 3.8) is 0 Å². The highest BCUT2D eigenvalue weighted by Crippen LogP contribution is 2.32. The molecule has 0 spiro atoms. The Morgan fingerprint density at radius 1 is 1.12 bits per heavy atom. The predicted molar refractivity (Wildman–Crippen MR) is 167 cm³/mol. The Morgan fingerprint density at radius 2 is 1.93 bits per heavy atom. The van der Waals surface area contributed by atoms with Gasteiger partial charge < -0.3 is 24.8 Å². The average Bonchev–Trinajstić information content (AvgIpc) is 3.44. The van der Waals surface area contributed by atoms with Crippen LogP contribution in [0.25, 0.3) is 11.1 Å². The first kappa shape index (κ1) is 29.2. The van der Waals surface area contributed by atoms with E-state index in [-0.39, 0.29) is 17.4 Å². The summed E-state index contributed by atoms with van der Waals surface area (Å²) in [5.41, 5.74) is 5.20. The molecule has 0 fully saturated rings. The molecule has 0 bridgehead atoms. The zero-order valence-corrected chi connectivity index (χ0v) is 25.1. The molecule has 10 heteroatoms. The minimum Gasteiger partial charge on any atom is -0.383 e. The predicted octanol–water partition coefficient (Wildman–Crippen LogP) is 5.41. The summed E-state index contributed by atoms with van der Waals surface area (Å²) in [6.45, 7) is 2.88. The van der Waals surface area contributed by atoms with Gasteiger partial charge in [-0.3, -0.25) is 14.4 Å². The standard InChI is InChI=1S/C32H35N5O4S/c1-20-24(9-7-10-25(20)35-30(38)28-17-21-8-5-6-11-27(21)42-28)23-16-26(32(40)37(3)19-23)34-29-13-12-22(18-33-29)31(39)36(2)14-15-41-4/h7,9-10,12-13,16-19H,5-6,8,11,14-15H2,1-4H3,(H,33,34)(H,35,38). The van der Waals surface area contributed by atoms with Crippen LogP contribution < -0.4 is 16.2 Å². The molecule has 42 heavy (non-hydrogen) atoms. The zero-order valence-electron chi connectivity index (χ0n) is 24.3. The quantitative estimate of drug-likeness (QED) is 0.272. The fourth-order valence-corrected chi connectivity index (χ4v) is 6.25. The van der Waals surface area contributed by atoms with Crippen LogP contribution in [-0.2, 0) is 24.6 Å². The van der Waals surface area contributed by atoms with E-state index in [4.69, 9.17) is 4.74 Å². The van der Waals surface area contributed by atoms with Gasteiger partial charge in [0.15, 0.2) is 0 Å². The minimum atomic E-state index is -0.219. The van der Waals surface area contributed by atoms with Gasteiger partial charge in [0.25, 0.3) is 17.4 Å². The van der Waals surface area contributed by atoms with Crippen LogP contribution in [0.4, 0.5) is 17.2 Å². The maximum Gasteiger partial charge on any atom is 0.274 e. The van der Waals surface area contributed by atoms with Crippen LogP contribution in [0, 0.1) is 6.92 Å². The smallest absolute Gasteiger partial charge is 0.274 e. The number of hydrogen-bond acceptors (Lipinski definition) is 7. The number of methoxy groups -OCH3 is 1. The molecule has 0 saturated heterocycles. The van der Waals surface area contributed by atoms with E-state index in [1.54, 1.807) is 61.8 Å². The summed E-state index contributed by atoms with van der Waals surface area (Å²) in [5, 5.41) is 6.21. The molecule has 0 unspecified atom stereocenters. The van der Waals surface area contributed by atoms with Crippen molar-refractivity contribution in [2.75, 3.05) is 37.9 Å². The molecule has 0 atom stereocenters. The van der Waals surface area contributed by atoms with E-state index in [0.717, 1.165) is 40.1 Å². The van der Waals surface area contributed by atoms with Crippen molar-refractivity contribution in [3.05, 3.63) is 91.7 Å². The van der Waals surface area contributed by atoms with Gasteiger partial charge in [0.2, 0.25) is 0 Å². The summed E-state index contributed by atoms with van der Waals surface area (Å²) in [7, 11) is 4.99. The van der Waals surface area contributed by atoms with E-state index in [1.807, 2.05) is 31.2 Å². The molecule has 9 nitrogen and oxygen atoms in total. The third-order valence-corrected chi connectivity index (χ3v) is 8.78. The Morgan fingerprint density at radius 3 is 2.67 bits per heavy atom. The number of rotatable bonds is 9. The van der Waals surface area contributed by atoms with Crippen LogP contribution in [0.2, 0.25) is 0 Å². The van der Waals surface area contributed by atoms with E-state index in [1.165, 1.54) is 34.0 Å². The summed E-state index contributed by atoms with van der Waals surface area (Å²) in [5.74, 6) is 0.178. The molecule has 4 aromatic rings. The first-order valence-corrected chi connectivity index (χ1v) is 14.8. The number of nitrogens with one attached hydrogen (secondary N) is 2. The van der Waals surface area contributed by atoms with Gasteiger partial charge in [-0.15, -0.1) is 11.3 Å². The Bertz CT molecular complexity index is 1650. The number of nitrogens with zero attached hydrogens (tertiary/aromatic N) is 3. The SMILES string of the molecule is COCCN(C)C(=O)c1ccc(Nc2cc(-c3cccc(NC(=O)c4cc5c(s4)CCCC5)c3C)cn(C)c2=O)nc1. The maximum absolute atomic E-state index is 13.1. The summed E-state index contributed by atoms with van der Waals surface area (Å²) in [6, 6.07) is 12.9. The van der Waals surface area contributed by atoms with Crippen molar-refractivity contribution in [3.8, 4) is 11.1 Å². The number of hydrogen-bond donors (Lipinski definition) is 2. The molecule has 3 heterocycles. The molecule has 218 valence electrons. The number of carbonyl (C=O) groups excluding carboxylic acids is 2. The third-order valence-electron chi connectivity index (χ3n) is 7.55. The number of benzene rings is 1. The first-order valence-electron chi connectivity index (χ1n) is 14.0. The molecular weight excluding hydrogens is 550 g/mol. The van der Waals surface area contributed by atoms with E-state index >= 15 is 0 Å². The first-order chi connectivity index (χ1) is 20.2. The fourth-order valence-electron chi connectivity index (χ4n) is 5.10. The second kappa shape index (κ2) is 12.7. The topological polar surface area (TPSA) is 106 Å². The molecule has 1 aromatic carbocycles. The average molecular weight is 586 g/mol. The second-order valence-corrected chi connectivity index (χ2v) is 11.7. The summed E-state index contributed by atoms with van der Waals surface area (Å²) in [6.07, 6.45) is 7.72. The van der Waals surface area contributed by atoms with Crippen LogP contribution in [0.15, 0.2) is 59.7 Å². The Labute approximate surface area is 249 Å². The number of pyridine rings is 2. The number of aryl methyl sites for hydroxylation is 3. The van der Waals surface area contributed by atoms with Gasteiger partial charge in [-0.25, -0.2) is 4.98 Å². The molecule has 3 aromatic heterocycles. The number of aromatic nitrogens is 2. The van der Waals surface area contributed by atoms with Gasteiger partial charge in [-0.05, 0) is 79.6 Å². The van der Waals surface area contributed by atoms with E-state index < -0.39 is 0 Å². The van der Waals surface area contributed by atoms with Crippen molar-refractivity contribution in [2.24, 2.45) is 7.05 Å². The van der Waals surface area contributed by atoms with Gasteiger partial charge in [0, 0.05) is 56.3 Å². The highest BCUT2D eigenvalue weighted by Gasteiger charge is 2.19. The summed E-state index contributed by atoms with van der Waals surface area (Å²) in [4.78, 5) is 46.8. The van der Waals surface area contributed by atoms with Gasteiger partial charge in [0.1, 0.15) is 11.5 Å². The highest BCUT2D eigenvalue weighted by molar-refractivity contribution is 7.14. The van der Waals surface area contributed by atoms with Gasteiger partial charge in [-0.1, -0.05) is 12.1 Å². The Balaban J connectivity index is 1.36. The lowest BCUT2D eigenvalue weighted by atomic mass is 9.99. The lowest BCUT2D eigenvalue weighted by Gasteiger charge is -2.17. The zero-order chi connectivity index (χ0) is 29.8. The van der Waals surface area contributed by atoms with Crippen molar-refractivity contribution in [1.29, 1.82) is 0 Å². The molecular formula is C32H35N5O4S. The molecule has 1 aliphatic carbocycles. The molecule has 1 aliphatic rings.